The molecule has 0 bridgehead atoms. The first kappa shape index (κ1) is 22.9. The van der Waals surface area contributed by atoms with Gasteiger partial charge in [0, 0.05) is 42.0 Å². The predicted octanol–water partition coefficient (Wildman–Crippen LogP) is 4.56. The van der Waals surface area contributed by atoms with Crippen molar-refractivity contribution < 1.29 is 14.3 Å². The quantitative estimate of drug-likeness (QED) is 0.342. The minimum atomic E-state index is -0.347. The molecule has 0 aliphatic carbocycles. The molecule has 6 nitrogen and oxygen atoms in total. The van der Waals surface area contributed by atoms with Crippen molar-refractivity contribution in [2.75, 3.05) is 7.11 Å². The topological polar surface area (TPSA) is 83.2 Å². The van der Waals surface area contributed by atoms with Crippen LogP contribution in [-0.2, 0) is 22.6 Å². The summed E-state index contributed by atoms with van der Waals surface area (Å²) in [7, 11) is 1.64. The van der Waals surface area contributed by atoms with E-state index in [4.69, 9.17) is 4.74 Å². The number of ether oxygens (including phenoxy) is 1. The van der Waals surface area contributed by atoms with Crippen LogP contribution >= 0.6 is 0 Å². The third kappa shape index (κ3) is 5.53. The molecule has 172 valence electrons. The number of H-pyrrole nitrogens is 1. The van der Waals surface area contributed by atoms with Crippen LogP contribution in [-0.4, -0.2) is 23.9 Å². The molecule has 6 heteroatoms. The molecule has 0 saturated carbocycles. The summed E-state index contributed by atoms with van der Waals surface area (Å²) in [6, 6.07) is 25.4. The number of aromatic nitrogens is 1. The zero-order valence-electron chi connectivity index (χ0n) is 19.2. The van der Waals surface area contributed by atoms with E-state index in [1.54, 1.807) is 13.2 Å². The maximum atomic E-state index is 13.0. The van der Waals surface area contributed by atoms with Gasteiger partial charge in [-0.25, -0.2) is 0 Å². The van der Waals surface area contributed by atoms with Gasteiger partial charge in [-0.1, -0.05) is 60.7 Å². The van der Waals surface area contributed by atoms with E-state index in [1.165, 1.54) is 6.92 Å². The number of nitrogens with one attached hydrogen (secondary N) is 3. The van der Waals surface area contributed by atoms with Crippen molar-refractivity contribution in [2.45, 2.75) is 19.9 Å². The summed E-state index contributed by atoms with van der Waals surface area (Å²) < 4.78 is 5.26. The van der Waals surface area contributed by atoms with Gasteiger partial charge in [0.25, 0.3) is 5.91 Å². The Morgan fingerprint density at radius 2 is 1.62 bits per heavy atom. The van der Waals surface area contributed by atoms with E-state index in [9.17, 15) is 9.59 Å². The van der Waals surface area contributed by atoms with Crippen LogP contribution in [0.1, 0.15) is 29.3 Å². The molecule has 4 aromatic rings. The second-order valence-electron chi connectivity index (χ2n) is 8.00. The van der Waals surface area contributed by atoms with Crippen molar-refractivity contribution in [1.29, 1.82) is 0 Å². The molecule has 2 amide bonds. The molecule has 0 radical (unpaired) electrons. The fraction of sp³-hybridized carbons (Fsp3) is 0.143. The first-order valence-electron chi connectivity index (χ1n) is 11.1. The van der Waals surface area contributed by atoms with Crippen molar-refractivity contribution >= 4 is 28.8 Å². The lowest BCUT2D eigenvalue weighted by Gasteiger charge is -2.11. The largest absolute Gasteiger partial charge is 0.497 e. The monoisotopic (exact) mass is 453 g/mol. The van der Waals surface area contributed by atoms with Crippen molar-refractivity contribution in [1.82, 2.24) is 15.6 Å². The zero-order valence-corrected chi connectivity index (χ0v) is 19.2. The smallest absolute Gasteiger partial charge is 0.268 e. The molecule has 0 saturated heterocycles. The highest BCUT2D eigenvalue weighted by atomic mass is 16.5. The molecular weight excluding hydrogens is 426 g/mol. The van der Waals surface area contributed by atoms with Crippen LogP contribution in [0.25, 0.3) is 17.0 Å². The molecule has 0 unspecified atom stereocenters. The summed E-state index contributed by atoms with van der Waals surface area (Å²) >= 11 is 0. The first-order valence-corrected chi connectivity index (χ1v) is 11.1. The van der Waals surface area contributed by atoms with Crippen molar-refractivity contribution in [3.8, 4) is 5.75 Å². The SMILES string of the molecule is COc1ccc(Cc2[nH]c3ccccc3c2/C=C(\NC(C)=O)C(=O)NCc2ccccc2)cc1. The standard InChI is InChI=1S/C28H27N3O3/c1-19(32)30-27(28(33)29-18-21-8-4-3-5-9-21)17-24-23-10-6-7-11-25(23)31-26(24)16-20-12-14-22(34-2)15-13-20/h3-15,17,31H,16,18H2,1-2H3,(H,29,33)(H,30,32)/b27-17-. The third-order valence-electron chi connectivity index (χ3n) is 5.51. The maximum absolute atomic E-state index is 13.0. The van der Waals surface area contributed by atoms with Gasteiger partial charge in [0.15, 0.2) is 0 Å². The van der Waals surface area contributed by atoms with Gasteiger partial charge in [-0.05, 0) is 35.4 Å². The summed E-state index contributed by atoms with van der Waals surface area (Å²) in [5.74, 6) is 0.140. The van der Waals surface area contributed by atoms with Gasteiger partial charge < -0.3 is 20.4 Å². The minimum absolute atomic E-state index is 0.198. The molecule has 0 spiro atoms. The minimum Gasteiger partial charge on any atom is -0.497 e. The Hall–Kier alpha value is -4.32. The van der Waals surface area contributed by atoms with Gasteiger partial charge in [-0.15, -0.1) is 0 Å². The highest BCUT2D eigenvalue weighted by Gasteiger charge is 2.16. The summed E-state index contributed by atoms with van der Waals surface area (Å²) in [5, 5.41) is 6.58. The van der Waals surface area contributed by atoms with Crippen molar-refractivity contribution in [3.63, 3.8) is 0 Å². The van der Waals surface area contributed by atoms with Crippen LogP contribution in [0.5, 0.6) is 5.75 Å². The number of methoxy groups -OCH3 is 1. The summed E-state index contributed by atoms with van der Waals surface area (Å²) in [6.07, 6.45) is 2.38. The Kier molecular flexibility index (Phi) is 7.08. The van der Waals surface area contributed by atoms with E-state index in [2.05, 4.69) is 15.6 Å². The van der Waals surface area contributed by atoms with Gasteiger partial charge in [0.1, 0.15) is 11.4 Å². The molecule has 34 heavy (non-hydrogen) atoms. The molecule has 0 aliphatic rings. The van der Waals surface area contributed by atoms with Gasteiger partial charge >= 0.3 is 0 Å². The van der Waals surface area contributed by atoms with Crippen LogP contribution in [0.15, 0.2) is 84.6 Å². The number of carbonyl (C=O) groups excluding carboxylic acids is 2. The highest BCUT2D eigenvalue weighted by molar-refractivity contribution is 6.03. The Morgan fingerprint density at radius 3 is 2.32 bits per heavy atom. The number of rotatable bonds is 8. The van der Waals surface area contributed by atoms with Crippen molar-refractivity contribution in [2.24, 2.45) is 0 Å². The second kappa shape index (κ2) is 10.5. The molecule has 0 fully saturated rings. The second-order valence-corrected chi connectivity index (χ2v) is 8.00. The van der Waals surface area contributed by atoms with Gasteiger partial charge in [-0.2, -0.15) is 0 Å². The van der Waals surface area contributed by atoms with Crippen LogP contribution in [0.4, 0.5) is 0 Å². The number of aromatic amines is 1. The number of benzene rings is 3. The van der Waals surface area contributed by atoms with Gasteiger partial charge in [0.05, 0.1) is 7.11 Å². The Balaban J connectivity index is 1.68. The molecule has 1 aromatic heterocycles. The molecule has 1 heterocycles. The summed E-state index contributed by atoms with van der Waals surface area (Å²) in [5.41, 5.74) is 5.05. The zero-order chi connectivity index (χ0) is 23.9. The normalized spacial score (nSPS) is 11.3. The number of para-hydroxylation sites is 1. The number of hydrogen-bond donors (Lipinski definition) is 3. The van der Waals surface area contributed by atoms with Crippen LogP contribution in [0, 0.1) is 0 Å². The first-order chi connectivity index (χ1) is 16.5. The Morgan fingerprint density at radius 1 is 0.912 bits per heavy atom. The van der Waals surface area contributed by atoms with Gasteiger partial charge in [0.2, 0.25) is 5.91 Å². The predicted molar refractivity (Wildman–Crippen MR) is 134 cm³/mol. The molecule has 3 aromatic carbocycles. The fourth-order valence-electron chi connectivity index (χ4n) is 3.84. The number of hydrogen-bond acceptors (Lipinski definition) is 3. The number of fused-ring (bicyclic) bond motifs is 1. The lowest BCUT2D eigenvalue weighted by atomic mass is 10.0. The van der Waals surface area contributed by atoms with Crippen molar-refractivity contribution in [3.05, 3.63) is 107 Å². The summed E-state index contributed by atoms with van der Waals surface area (Å²) in [4.78, 5) is 28.4. The number of carbonyl (C=O) groups is 2. The average Bonchev–Trinajstić information content (AvgIpc) is 3.19. The lowest BCUT2D eigenvalue weighted by molar-refractivity contribution is -0.122. The number of amides is 2. The molecule has 0 atom stereocenters. The maximum Gasteiger partial charge on any atom is 0.268 e. The molecule has 3 N–H and O–H groups in total. The van der Waals surface area contributed by atoms with E-state index in [0.29, 0.717) is 13.0 Å². The lowest BCUT2D eigenvalue weighted by Crippen LogP contribution is -2.33. The fourth-order valence-corrected chi connectivity index (χ4v) is 3.84. The highest BCUT2D eigenvalue weighted by Crippen LogP contribution is 2.27. The van der Waals surface area contributed by atoms with E-state index in [1.807, 2.05) is 78.9 Å². The van der Waals surface area contributed by atoms with Crippen LogP contribution in [0.2, 0.25) is 0 Å². The van der Waals surface area contributed by atoms with E-state index in [0.717, 1.165) is 39.0 Å². The molecule has 0 aliphatic heterocycles. The van der Waals surface area contributed by atoms with Crippen LogP contribution < -0.4 is 15.4 Å². The Bertz CT molecular complexity index is 1320. The van der Waals surface area contributed by atoms with E-state index >= 15 is 0 Å². The van der Waals surface area contributed by atoms with E-state index in [-0.39, 0.29) is 17.5 Å². The van der Waals surface area contributed by atoms with Crippen LogP contribution in [0.3, 0.4) is 0 Å². The third-order valence-corrected chi connectivity index (χ3v) is 5.51. The van der Waals surface area contributed by atoms with E-state index < -0.39 is 0 Å². The van der Waals surface area contributed by atoms with Gasteiger partial charge in [-0.3, -0.25) is 9.59 Å². The molecular formula is C28H27N3O3. The molecule has 4 rings (SSSR count). The average molecular weight is 454 g/mol. The summed E-state index contributed by atoms with van der Waals surface area (Å²) in [6.45, 7) is 1.76. The Labute approximate surface area is 198 Å².